The molecule has 1 heterocycles. The first-order valence-electron chi connectivity index (χ1n) is 8.07. The van der Waals surface area contributed by atoms with Gasteiger partial charge in [-0.25, -0.2) is 0 Å². The van der Waals surface area contributed by atoms with Crippen molar-refractivity contribution in [1.29, 1.82) is 0 Å². The van der Waals surface area contributed by atoms with Gasteiger partial charge in [-0.05, 0) is 57.4 Å². The summed E-state index contributed by atoms with van der Waals surface area (Å²) in [5.74, 6) is 1.82. The fourth-order valence-corrected chi connectivity index (χ4v) is 3.56. The Labute approximate surface area is 121 Å². The van der Waals surface area contributed by atoms with Crippen molar-refractivity contribution in [2.75, 3.05) is 0 Å². The van der Waals surface area contributed by atoms with Gasteiger partial charge in [-0.1, -0.05) is 13.3 Å². The van der Waals surface area contributed by atoms with Crippen LogP contribution in [0.25, 0.3) is 0 Å². The van der Waals surface area contributed by atoms with Crippen molar-refractivity contribution in [3.05, 3.63) is 23.7 Å². The van der Waals surface area contributed by atoms with Crippen molar-refractivity contribution in [2.45, 2.75) is 70.9 Å². The first-order chi connectivity index (χ1) is 9.70. The first-order valence-corrected chi connectivity index (χ1v) is 8.07. The van der Waals surface area contributed by atoms with E-state index in [0.717, 1.165) is 17.2 Å². The van der Waals surface area contributed by atoms with E-state index in [9.17, 15) is 4.79 Å². The largest absolute Gasteiger partial charge is 0.469 e. The van der Waals surface area contributed by atoms with Crippen molar-refractivity contribution in [3.8, 4) is 0 Å². The summed E-state index contributed by atoms with van der Waals surface area (Å²) in [4.78, 5) is 15.0. The molecule has 2 aliphatic carbocycles. The van der Waals surface area contributed by atoms with Crippen LogP contribution in [0.2, 0.25) is 0 Å². The smallest absolute Gasteiger partial charge is 0.257 e. The molecule has 0 unspecified atom stereocenters. The van der Waals surface area contributed by atoms with Gasteiger partial charge in [0.15, 0.2) is 0 Å². The monoisotopic (exact) mass is 275 g/mol. The second kappa shape index (κ2) is 5.63. The zero-order chi connectivity index (χ0) is 14.1. The van der Waals surface area contributed by atoms with Crippen molar-refractivity contribution in [2.24, 2.45) is 5.92 Å². The molecular formula is C17H25NO2. The number of carbonyl (C=O) groups is 1. The lowest BCUT2D eigenvalue weighted by molar-refractivity contribution is 0.0585. The lowest BCUT2D eigenvalue weighted by Crippen LogP contribution is -2.44. The summed E-state index contributed by atoms with van der Waals surface area (Å²) in [7, 11) is 0. The summed E-state index contributed by atoms with van der Waals surface area (Å²) in [6, 6.07) is 2.76. The predicted molar refractivity (Wildman–Crippen MR) is 78.7 cm³/mol. The van der Waals surface area contributed by atoms with Gasteiger partial charge in [-0.3, -0.25) is 4.79 Å². The number of aryl methyl sites for hydroxylation is 1. The number of rotatable bonds is 4. The van der Waals surface area contributed by atoms with E-state index in [2.05, 4.69) is 11.8 Å². The molecule has 0 bridgehead atoms. The molecule has 0 radical (unpaired) electrons. The molecule has 0 atom stereocenters. The van der Waals surface area contributed by atoms with E-state index >= 15 is 0 Å². The van der Waals surface area contributed by atoms with Crippen LogP contribution in [0.5, 0.6) is 0 Å². The van der Waals surface area contributed by atoms with E-state index in [4.69, 9.17) is 4.42 Å². The van der Waals surface area contributed by atoms with Crippen molar-refractivity contribution < 1.29 is 9.21 Å². The Morgan fingerprint density at radius 2 is 1.80 bits per heavy atom. The molecule has 1 amide bonds. The SMILES string of the molecule is CCC1CCC(N(C(=O)c2ccoc2C)C2CC2)CC1. The molecule has 3 heteroatoms. The van der Waals surface area contributed by atoms with Crippen LogP contribution in [0, 0.1) is 12.8 Å². The number of hydrogen-bond acceptors (Lipinski definition) is 2. The minimum Gasteiger partial charge on any atom is -0.469 e. The number of nitrogens with zero attached hydrogens (tertiary/aromatic N) is 1. The van der Waals surface area contributed by atoms with Gasteiger partial charge >= 0.3 is 0 Å². The predicted octanol–water partition coefficient (Wildman–Crippen LogP) is 4.16. The van der Waals surface area contributed by atoms with Crippen LogP contribution in [0.1, 0.15) is 68.0 Å². The zero-order valence-corrected chi connectivity index (χ0v) is 12.6. The molecule has 0 N–H and O–H groups in total. The summed E-state index contributed by atoms with van der Waals surface area (Å²) in [6.45, 7) is 4.16. The van der Waals surface area contributed by atoms with Gasteiger partial charge < -0.3 is 9.32 Å². The third-order valence-electron chi connectivity index (χ3n) is 5.05. The summed E-state index contributed by atoms with van der Waals surface area (Å²) in [5.41, 5.74) is 0.759. The first kappa shape index (κ1) is 13.7. The van der Waals surface area contributed by atoms with Gasteiger partial charge in [0.2, 0.25) is 0 Å². The third-order valence-corrected chi connectivity index (χ3v) is 5.05. The molecule has 3 nitrogen and oxygen atoms in total. The average Bonchev–Trinajstić information content (AvgIpc) is 3.20. The Morgan fingerprint density at radius 1 is 1.20 bits per heavy atom. The van der Waals surface area contributed by atoms with Gasteiger partial charge in [0, 0.05) is 12.1 Å². The molecule has 110 valence electrons. The van der Waals surface area contributed by atoms with E-state index in [1.807, 2.05) is 13.0 Å². The van der Waals surface area contributed by atoms with Crippen LogP contribution >= 0.6 is 0 Å². The van der Waals surface area contributed by atoms with Crippen LogP contribution < -0.4 is 0 Å². The summed E-state index contributed by atoms with van der Waals surface area (Å²) >= 11 is 0. The zero-order valence-electron chi connectivity index (χ0n) is 12.6. The number of hydrogen-bond donors (Lipinski definition) is 0. The highest BCUT2D eigenvalue weighted by Crippen LogP contribution is 2.37. The molecule has 0 saturated heterocycles. The van der Waals surface area contributed by atoms with E-state index in [1.165, 1.54) is 44.9 Å². The standard InChI is InChI=1S/C17H25NO2/c1-3-13-4-6-14(7-5-13)18(15-8-9-15)17(19)16-10-11-20-12(16)2/h10-11,13-15H,3-9H2,1-2H3. The Balaban J connectivity index is 1.73. The number of amides is 1. The van der Waals surface area contributed by atoms with Crippen LogP contribution in [-0.2, 0) is 0 Å². The van der Waals surface area contributed by atoms with Crippen molar-refractivity contribution >= 4 is 5.91 Å². The minimum absolute atomic E-state index is 0.193. The van der Waals surface area contributed by atoms with Crippen LogP contribution in [-0.4, -0.2) is 22.9 Å². The molecule has 0 aromatic carbocycles. The van der Waals surface area contributed by atoms with Crippen molar-refractivity contribution in [1.82, 2.24) is 4.90 Å². The average molecular weight is 275 g/mol. The summed E-state index contributed by atoms with van der Waals surface area (Å²) < 4.78 is 5.31. The fourth-order valence-electron chi connectivity index (χ4n) is 3.56. The van der Waals surface area contributed by atoms with Gasteiger partial charge in [-0.2, -0.15) is 0 Å². The van der Waals surface area contributed by atoms with E-state index < -0.39 is 0 Å². The van der Waals surface area contributed by atoms with Gasteiger partial charge in [0.1, 0.15) is 5.76 Å². The van der Waals surface area contributed by atoms with Gasteiger partial charge in [0.25, 0.3) is 5.91 Å². The second-order valence-electron chi connectivity index (χ2n) is 6.42. The topological polar surface area (TPSA) is 33.5 Å². The third kappa shape index (κ3) is 2.63. The summed E-state index contributed by atoms with van der Waals surface area (Å²) in [5, 5.41) is 0. The molecule has 2 saturated carbocycles. The lowest BCUT2D eigenvalue weighted by Gasteiger charge is -2.37. The summed E-state index contributed by atoms with van der Waals surface area (Å²) in [6.07, 6.45) is 10.2. The van der Waals surface area contributed by atoms with Crippen LogP contribution in [0.15, 0.2) is 16.7 Å². The Hall–Kier alpha value is -1.25. The Morgan fingerprint density at radius 3 is 2.25 bits per heavy atom. The maximum Gasteiger partial charge on any atom is 0.257 e. The highest BCUT2D eigenvalue weighted by Gasteiger charge is 2.39. The van der Waals surface area contributed by atoms with E-state index in [0.29, 0.717) is 12.1 Å². The quantitative estimate of drug-likeness (QED) is 0.826. The molecule has 0 aliphatic heterocycles. The van der Waals surface area contributed by atoms with E-state index in [1.54, 1.807) is 6.26 Å². The molecule has 1 aromatic rings. The lowest BCUT2D eigenvalue weighted by atomic mass is 9.83. The molecule has 0 spiro atoms. The molecule has 2 fully saturated rings. The maximum atomic E-state index is 12.8. The van der Waals surface area contributed by atoms with Crippen LogP contribution in [0.4, 0.5) is 0 Å². The van der Waals surface area contributed by atoms with Crippen LogP contribution in [0.3, 0.4) is 0 Å². The highest BCUT2D eigenvalue weighted by molar-refractivity contribution is 5.95. The number of carbonyl (C=O) groups excluding carboxylic acids is 1. The van der Waals surface area contributed by atoms with Gasteiger partial charge in [-0.15, -0.1) is 0 Å². The van der Waals surface area contributed by atoms with Crippen molar-refractivity contribution in [3.63, 3.8) is 0 Å². The molecule has 3 rings (SSSR count). The number of furan rings is 1. The van der Waals surface area contributed by atoms with Gasteiger partial charge in [0.05, 0.1) is 11.8 Å². The maximum absolute atomic E-state index is 12.8. The second-order valence-corrected chi connectivity index (χ2v) is 6.42. The Kier molecular flexibility index (Phi) is 3.86. The fraction of sp³-hybridized carbons (Fsp3) is 0.706. The molecule has 2 aliphatic rings. The normalized spacial score (nSPS) is 26.5. The Bertz CT molecular complexity index is 467. The molecular weight excluding hydrogens is 250 g/mol. The molecule has 1 aromatic heterocycles. The highest BCUT2D eigenvalue weighted by atomic mass is 16.3. The minimum atomic E-state index is 0.193. The van der Waals surface area contributed by atoms with E-state index in [-0.39, 0.29) is 5.91 Å². The molecule has 20 heavy (non-hydrogen) atoms.